The highest BCUT2D eigenvalue weighted by Gasteiger charge is 2.27. The van der Waals surface area contributed by atoms with Crippen molar-refractivity contribution >= 4 is 11.8 Å². The zero-order chi connectivity index (χ0) is 13.1. The molecular weight excluding hydrogens is 237 g/mol. The van der Waals surface area contributed by atoms with E-state index >= 15 is 0 Å². The van der Waals surface area contributed by atoms with E-state index in [2.05, 4.69) is 15.3 Å². The molecule has 1 aliphatic rings. The van der Waals surface area contributed by atoms with Gasteiger partial charge >= 0.3 is 5.97 Å². The quantitative estimate of drug-likeness (QED) is 0.861. The van der Waals surface area contributed by atoms with Crippen molar-refractivity contribution in [1.29, 1.82) is 0 Å². The molecule has 2 unspecified atom stereocenters. The molecule has 6 heteroatoms. The molecule has 0 radical (unpaired) electrons. The summed E-state index contributed by atoms with van der Waals surface area (Å²) >= 11 is 0. The van der Waals surface area contributed by atoms with Crippen molar-refractivity contribution in [2.75, 3.05) is 5.32 Å². The Balaban J connectivity index is 2.04. The van der Waals surface area contributed by atoms with Crippen molar-refractivity contribution in [2.45, 2.75) is 38.6 Å². The first-order chi connectivity index (χ1) is 8.56. The lowest BCUT2D eigenvalue weighted by molar-refractivity contribution is -0.142. The minimum Gasteiger partial charge on any atom is -0.481 e. The topological polar surface area (TPSA) is 75.1 Å². The van der Waals surface area contributed by atoms with Crippen molar-refractivity contribution in [3.05, 3.63) is 17.8 Å². The average molecular weight is 253 g/mol. The van der Waals surface area contributed by atoms with Crippen LogP contribution in [0.5, 0.6) is 0 Å². The van der Waals surface area contributed by atoms with Gasteiger partial charge in [0.05, 0.1) is 12.1 Å². The Hall–Kier alpha value is -1.72. The molecule has 1 aliphatic carbocycles. The molecule has 2 rings (SSSR count). The summed E-state index contributed by atoms with van der Waals surface area (Å²) in [6, 6.07) is -0.0383. The smallest absolute Gasteiger partial charge is 0.306 e. The number of nitrogens with one attached hydrogen (secondary N) is 1. The fourth-order valence-electron chi connectivity index (χ4n) is 2.30. The maximum absolute atomic E-state index is 13.5. The van der Waals surface area contributed by atoms with Crippen LogP contribution in [0.3, 0.4) is 0 Å². The standard InChI is InChI=1S/C12H16FN3O2/c1-7-14-6-10(13)11(15-7)16-9-4-2-3-8(5-9)12(17)18/h6,8-9H,2-5H2,1H3,(H,17,18)(H,14,15,16). The van der Waals surface area contributed by atoms with Crippen LogP contribution in [-0.2, 0) is 4.79 Å². The summed E-state index contributed by atoms with van der Waals surface area (Å²) in [7, 11) is 0. The Morgan fingerprint density at radius 3 is 3.06 bits per heavy atom. The monoisotopic (exact) mass is 253 g/mol. The molecule has 98 valence electrons. The lowest BCUT2D eigenvalue weighted by atomic mass is 9.86. The van der Waals surface area contributed by atoms with Crippen LogP contribution in [0.2, 0.25) is 0 Å². The van der Waals surface area contributed by atoms with E-state index in [9.17, 15) is 9.18 Å². The molecule has 0 aliphatic heterocycles. The van der Waals surface area contributed by atoms with Gasteiger partial charge < -0.3 is 10.4 Å². The first-order valence-electron chi connectivity index (χ1n) is 6.04. The van der Waals surface area contributed by atoms with Crippen molar-refractivity contribution in [3.63, 3.8) is 0 Å². The van der Waals surface area contributed by atoms with Gasteiger partial charge in [-0.3, -0.25) is 4.79 Å². The number of anilines is 1. The Bertz CT molecular complexity index is 453. The number of carboxylic acids is 1. The predicted molar refractivity (Wildman–Crippen MR) is 63.7 cm³/mol. The van der Waals surface area contributed by atoms with E-state index in [1.807, 2.05) is 0 Å². The normalized spacial score (nSPS) is 23.7. The molecule has 18 heavy (non-hydrogen) atoms. The van der Waals surface area contributed by atoms with Crippen molar-refractivity contribution in [2.24, 2.45) is 5.92 Å². The van der Waals surface area contributed by atoms with Crippen molar-refractivity contribution in [1.82, 2.24) is 9.97 Å². The number of hydrogen-bond donors (Lipinski definition) is 2. The number of aliphatic carboxylic acids is 1. The fraction of sp³-hybridized carbons (Fsp3) is 0.583. The van der Waals surface area contributed by atoms with Gasteiger partial charge in [-0.2, -0.15) is 0 Å². The molecular formula is C12H16FN3O2. The van der Waals surface area contributed by atoms with Gasteiger partial charge in [-0.15, -0.1) is 0 Å². The molecule has 2 atom stereocenters. The lowest BCUT2D eigenvalue weighted by Crippen LogP contribution is -2.31. The number of carbonyl (C=O) groups is 1. The number of nitrogens with zero attached hydrogens (tertiary/aromatic N) is 2. The zero-order valence-electron chi connectivity index (χ0n) is 10.2. The number of rotatable bonds is 3. The van der Waals surface area contributed by atoms with Gasteiger partial charge in [0.1, 0.15) is 5.82 Å². The van der Waals surface area contributed by atoms with Gasteiger partial charge in [0.2, 0.25) is 0 Å². The Labute approximate surface area is 104 Å². The van der Waals surface area contributed by atoms with Gasteiger partial charge in [-0.05, 0) is 26.2 Å². The third kappa shape index (κ3) is 2.94. The first-order valence-corrected chi connectivity index (χ1v) is 6.04. The minimum atomic E-state index is -0.777. The summed E-state index contributed by atoms with van der Waals surface area (Å²) in [6.07, 6.45) is 4.01. The summed E-state index contributed by atoms with van der Waals surface area (Å²) in [5.41, 5.74) is 0. The van der Waals surface area contributed by atoms with E-state index in [0.29, 0.717) is 18.7 Å². The van der Waals surface area contributed by atoms with Gasteiger partial charge in [0.15, 0.2) is 11.6 Å². The number of halogens is 1. The highest BCUT2D eigenvalue weighted by Crippen LogP contribution is 2.27. The van der Waals surface area contributed by atoms with E-state index in [-0.39, 0.29) is 17.8 Å². The second-order valence-corrected chi connectivity index (χ2v) is 4.66. The van der Waals surface area contributed by atoms with E-state index in [4.69, 9.17) is 5.11 Å². The molecule has 1 aromatic heterocycles. The Morgan fingerprint density at radius 2 is 2.33 bits per heavy atom. The number of carboxylic acid groups (broad SMARTS) is 1. The molecule has 2 N–H and O–H groups in total. The van der Waals surface area contributed by atoms with Crippen LogP contribution >= 0.6 is 0 Å². The molecule has 1 saturated carbocycles. The summed E-state index contributed by atoms with van der Waals surface area (Å²) in [5, 5.41) is 12.0. The van der Waals surface area contributed by atoms with Crippen LogP contribution in [0.15, 0.2) is 6.20 Å². The summed E-state index contributed by atoms with van der Waals surface area (Å²) in [4.78, 5) is 18.7. The predicted octanol–water partition coefficient (Wildman–Crippen LogP) is 1.98. The van der Waals surface area contributed by atoms with Crippen LogP contribution in [-0.4, -0.2) is 27.1 Å². The SMILES string of the molecule is Cc1ncc(F)c(NC2CCCC(C(=O)O)C2)n1. The summed E-state index contributed by atoms with van der Waals surface area (Å²) < 4.78 is 13.5. The molecule has 0 amide bonds. The molecule has 1 fully saturated rings. The van der Waals surface area contributed by atoms with Crippen molar-refractivity contribution in [3.8, 4) is 0 Å². The van der Waals surface area contributed by atoms with Crippen LogP contribution < -0.4 is 5.32 Å². The molecule has 1 aromatic rings. The van der Waals surface area contributed by atoms with Gasteiger partial charge in [-0.25, -0.2) is 14.4 Å². The molecule has 0 aromatic carbocycles. The second-order valence-electron chi connectivity index (χ2n) is 4.66. The highest BCUT2D eigenvalue weighted by molar-refractivity contribution is 5.70. The third-order valence-electron chi connectivity index (χ3n) is 3.23. The largest absolute Gasteiger partial charge is 0.481 e. The minimum absolute atomic E-state index is 0.0383. The van der Waals surface area contributed by atoms with Crippen LogP contribution in [0.25, 0.3) is 0 Å². The molecule has 0 saturated heterocycles. The maximum atomic E-state index is 13.5. The molecule has 5 nitrogen and oxygen atoms in total. The third-order valence-corrected chi connectivity index (χ3v) is 3.23. The highest BCUT2D eigenvalue weighted by atomic mass is 19.1. The zero-order valence-corrected chi connectivity index (χ0v) is 10.2. The fourth-order valence-corrected chi connectivity index (χ4v) is 2.30. The molecule has 0 bridgehead atoms. The van der Waals surface area contributed by atoms with Crippen LogP contribution in [0.4, 0.5) is 10.2 Å². The Morgan fingerprint density at radius 1 is 1.56 bits per heavy atom. The number of hydrogen-bond acceptors (Lipinski definition) is 4. The van der Waals surface area contributed by atoms with Gasteiger partial charge in [0.25, 0.3) is 0 Å². The van der Waals surface area contributed by atoms with E-state index in [1.54, 1.807) is 6.92 Å². The van der Waals surface area contributed by atoms with E-state index < -0.39 is 11.8 Å². The average Bonchev–Trinajstić information content (AvgIpc) is 2.34. The molecule has 0 spiro atoms. The summed E-state index contributed by atoms with van der Waals surface area (Å²) in [5.74, 6) is -0.968. The number of aryl methyl sites for hydroxylation is 1. The van der Waals surface area contributed by atoms with E-state index in [0.717, 1.165) is 19.0 Å². The van der Waals surface area contributed by atoms with Crippen molar-refractivity contribution < 1.29 is 14.3 Å². The molecule has 1 heterocycles. The van der Waals surface area contributed by atoms with Crippen LogP contribution in [0.1, 0.15) is 31.5 Å². The van der Waals surface area contributed by atoms with Gasteiger partial charge in [-0.1, -0.05) is 6.42 Å². The van der Waals surface area contributed by atoms with Crippen LogP contribution in [0, 0.1) is 18.7 Å². The Kier molecular flexibility index (Phi) is 3.74. The van der Waals surface area contributed by atoms with E-state index in [1.165, 1.54) is 0 Å². The maximum Gasteiger partial charge on any atom is 0.306 e. The second kappa shape index (κ2) is 5.29. The number of aromatic nitrogens is 2. The van der Waals surface area contributed by atoms with Gasteiger partial charge in [0, 0.05) is 6.04 Å². The lowest BCUT2D eigenvalue weighted by Gasteiger charge is -2.27. The summed E-state index contributed by atoms with van der Waals surface area (Å²) in [6.45, 7) is 1.69. The first kappa shape index (κ1) is 12.7.